The van der Waals surface area contributed by atoms with E-state index < -0.39 is 70.1 Å². The number of nitrogens with zero attached hydrogens (tertiary/aromatic N) is 4. The number of anilines is 1. The second-order valence-corrected chi connectivity index (χ2v) is 11.2. The second kappa shape index (κ2) is 12.2. The van der Waals surface area contributed by atoms with Crippen LogP contribution in [0.25, 0.3) is 16.9 Å². The van der Waals surface area contributed by atoms with Gasteiger partial charge in [0.05, 0.1) is 42.4 Å². The summed E-state index contributed by atoms with van der Waals surface area (Å²) in [6.07, 6.45) is -8.77. The van der Waals surface area contributed by atoms with Crippen molar-refractivity contribution in [3.8, 4) is 11.3 Å². The number of carbonyl (C=O) groups is 1. The maximum Gasteiger partial charge on any atom is 0.433 e. The number of carboxylic acid groups (broad SMARTS) is 1. The maximum absolute atomic E-state index is 13.3. The van der Waals surface area contributed by atoms with Crippen molar-refractivity contribution in [1.29, 1.82) is 0 Å². The number of nitrogen functional groups attached to an aromatic ring is 1. The van der Waals surface area contributed by atoms with Crippen molar-refractivity contribution in [2.24, 2.45) is 0 Å². The highest BCUT2D eigenvalue weighted by molar-refractivity contribution is 7.91. The SMILES string of the molecule is Cc1nc(N)sc1S(=O)(=O)NC(CO)CO.O=C(O)c1cnn2c(C(F)(F)F)cc(-c3ccc(C(F)(F)F)cc3)nc12. The summed E-state index contributed by atoms with van der Waals surface area (Å²) < 4.78 is 104. The minimum absolute atomic E-state index is 0.00287. The third kappa shape index (κ3) is 7.31. The number of sulfonamides is 1. The number of aromatic carboxylic acids is 1. The fraction of sp³-hybridized carbons (Fsp3) is 0.273. The predicted octanol–water partition coefficient (Wildman–Crippen LogP) is 2.80. The number of hydrogen-bond donors (Lipinski definition) is 5. The molecule has 228 valence electrons. The van der Waals surface area contributed by atoms with Crippen molar-refractivity contribution in [2.75, 3.05) is 18.9 Å². The van der Waals surface area contributed by atoms with Crippen LogP contribution >= 0.6 is 11.3 Å². The van der Waals surface area contributed by atoms with E-state index in [-0.39, 0.29) is 20.6 Å². The van der Waals surface area contributed by atoms with Gasteiger partial charge in [0.15, 0.2) is 20.7 Å². The zero-order valence-corrected chi connectivity index (χ0v) is 22.6. The van der Waals surface area contributed by atoms with E-state index in [9.17, 15) is 39.6 Å². The summed E-state index contributed by atoms with van der Waals surface area (Å²) in [6.45, 7) is 0.556. The Morgan fingerprint density at radius 3 is 2.12 bits per heavy atom. The standard InChI is InChI=1S/C15H7F6N3O2.C7H13N3O4S2/c16-14(17,18)8-3-1-7(2-4-8)10-5-11(15(19,20)21)24-12(23-10)9(6-22-24)13(25)26;1-4-6(15-7(8)9-4)16(13,14)10-5(2-11)3-12/h1-6H,(H,25,26);5,10-12H,2-3H2,1H3,(H2,8,9). The number of aryl methyl sites for hydroxylation is 1. The highest BCUT2D eigenvalue weighted by Gasteiger charge is 2.36. The zero-order chi connectivity index (χ0) is 31.6. The van der Waals surface area contributed by atoms with Crippen molar-refractivity contribution in [2.45, 2.75) is 29.5 Å². The highest BCUT2D eigenvalue weighted by atomic mass is 32.2. The molecule has 1 aromatic carbocycles. The Labute approximate surface area is 236 Å². The minimum Gasteiger partial charge on any atom is -0.477 e. The number of fused-ring (bicyclic) bond motifs is 1. The van der Waals surface area contributed by atoms with Gasteiger partial charge in [-0.3, -0.25) is 0 Å². The van der Waals surface area contributed by atoms with Crippen molar-refractivity contribution in [3.05, 3.63) is 59.0 Å². The summed E-state index contributed by atoms with van der Waals surface area (Å²) >= 11 is 0.837. The fourth-order valence-electron chi connectivity index (χ4n) is 3.35. The molecular formula is C22H20F6N6O6S2. The molecule has 0 fully saturated rings. The molecule has 0 spiro atoms. The number of nitrogens with one attached hydrogen (secondary N) is 1. The molecule has 0 bridgehead atoms. The second-order valence-electron chi connectivity index (χ2n) is 8.31. The van der Waals surface area contributed by atoms with Crippen LogP contribution in [0.2, 0.25) is 0 Å². The Hall–Kier alpha value is -3.85. The van der Waals surface area contributed by atoms with Gasteiger partial charge in [-0.2, -0.15) is 31.4 Å². The van der Waals surface area contributed by atoms with Crippen molar-refractivity contribution in [1.82, 2.24) is 24.3 Å². The number of aliphatic hydroxyl groups excluding tert-OH is 2. The first kappa shape index (κ1) is 32.7. The van der Waals surface area contributed by atoms with Gasteiger partial charge in [-0.25, -0.2) is 32.4 Å². The van der Waals surface area contributed by atoms with Gasteiger partial charge in [0.1, 0.15) is 5.56 Å². The molecule has 0 aliphatic carbocycles. The Balaban J connectivity index is 0.000000260. The lowest BCUT2D eigenvalue weighted by Crippen LogP contribution is -2.39. The third-order valence-electron chi connectivity index (χ3n) is 5.28. The van der Waals surface area contributed by atoms with Crippen LogP contribution in [0.3, 0.4) is 0 Å². The lowest BCUT2D eigenvalue weighted by Gasteiger charge is -2.12. The Morgan fingerprint density at radius 1 is 1.07 bits per heavy atom. The molecule has 0 amide bonds. The molecule has 20 heteroatoms. The van der Waals surface area contributed by atoms with E-state index >= 15 is 0 Å². The van der Waals surface area contributed by atoms with Gasteiger partial charge in [0.2, 0.25) is 0 Å². The van der Waals surface area contributed by atoms with Crippen molar-refractivity contribution in [3.63, 3.8) is 0 Å². The molecule has 3 aromatic heterocycles. The monoisotopic (exact) mass is 642 g/mol. The van der Waals surface area contributed by atoms with E-state index in [4.69, 9.17) is 21.1 Å². The first-order valence-corrected chi connectivity index (χ1v) is 13.5. The molecule has 0 radical (unpaired) electrons. The number of benzene rings is 1. The van der Waals surface area contributed by atoms with E-state index in [2.05, 4.69) is 19.8 Å². The average molecular weight is 643 g/mol. The molecule has 0 aliphatic rings. The number of hydrogen-bond acceptors (Lipinski definition) is 10. The third-order valence-corrected chi connectivity index (χ3v) is 8.39. The van der Waals surface area contributed by atoms with Crippen molar-refractivity contribution < 1.29 is 54.9 Å². The highest BCUT2D eigenvalue weighted by Crippen LogP contribution is 2.34. The number of carboxylic acids is 1. The van der Waals surface area contributed by atoms with Gasteiger partial charge >= 0.3 is 18.3 Å². The summed E-state index contributed by atoms with van der Waals surface area (Å²) in [4.78, 5) is 18.8. The van der Waals surface area contributed by atoms with E-state index in [0.29, 0.717) is 28.4 Å². The quantitative estimate of drug-likeness (QED) is 0.187. The van der Waals surface area contributed by atoms with Crippen LogP contribution in [0.15, 0.2) is 40.7 Å². The zero-order valence-electron chi connectivity index (χ0n) is 21.0. The summed E-state index contributed by atoms with van der Waals surface area (Å²) in [6, 6.07) is 2.98. The number of rotatable bonds is 7. The number of nitrogens with two attached hydrogens (primary N) is 1. The molecule has 42 heavy (non-hydrogen) atoms. The van der Waals surface area contributed by atoms with Gasteiger partial charge in [-0.15, -0.1) is 0 Å². The summed E-state index contributed by atoms with van der Waals surface area (Å²) in [5.74, 6) is -1.54. The van der Waals surface area contributed by atoms with E-state index in [1.165, 1.54) is 6.92 Å². The first-order chi connectivity index (χ1) is 19.4. The van der Waals surface area contributed by atoms with Crippen molar-refractivity contribution >= 4 is 38.1 Å². The van der Waals surface area contributed by atoms with E-state index in [1.54, 1.807) is 0 Å². The van der Waals surface area contributed by atoms with Crippen LogP contribution in [0, 0.1) is 6.92 Å². The van der Waals surface area contributed by atoms with Crippen LogP contribution in [0.4, 0.5) is 31.5 Å². The molecule has 6 N–H and O–H groups in total. The van der Waals surface area contributed by atoms with Crippen LogP contribution < -0.4 is 10.5 Å². The Bertz CT molecular complexity index is 1680. The maximum atomic E-state index is 13.3. The molecule has 0 saturated carbocycles. The summed E-state index contributed by atoms with van der Waals surface area (Å²) in [5.41, 5.74) is 1.90. The topological polar surface area (TPSA) is 193 Å². The number of alkyl halides is 6. The van der Waals surface area contributed by atoms with Gasteiger partial charge in [-0.1, -0.05) is 23.5 Å². The Morgan fingerprint density at radius 2 is 1.67 bits per heavy atom. The number of aliphatic hydroxyl groups is 2. The molecule has 0 unspecified atom stereocenters. The summed E-state index contributed by atoms with van der Waals surface area (Å²) in [5, 5.41) is 30.2. The van der Waals surface area contributed by atoms with Crippen LogP contribution in [0.1, 0.15) is 27.3 Å². The Kier molecular flexibility index (Phi) is 9.47. The van der Waals surface area contributed by atoms with Gasteiger partial charge < -0.3 is 21.1 Å². The van der Waals surface area contributed by atoms with E-state index in [1.807, 2.05) is 0 Å². The fourth-order valence-corrected chi connectivity index (χ4v) is 5.89. The normalized spacial score (nSPS) is 12.4. The molecule has 4 aromatic rings. The number of thiazole rings is 1. The van der Waals surface area contributed by atoms with Gasteiger partial charge in [0.25, 0.3) is 10.0 Å². The van der Waals surface area contributed by atoms with Gasteiger partial charge in [-0.05, 0) is 25.1 Å². The smallest absolute Gasteiger partial charge is 0.433 e. The molecule has 0 saturated heterocycles. The summed E-state index contributed by atoms with van der Waals surface area (Å²) in [7, 11) is -3.79. The van der Waals surface area contributed by atoms with Crippen LogP contribution in [-0.2, 0) is 22.4 Å². The average Bonchev–Trinajstić information content (AvgIpc) is 3.48. The number of halogens is 6. The molecule has 3 heterocycles. The molecule has 0 aliphatic heterocycles. The van der Waals surface area contributed by atoms with Gasteiger partial charge in [0, 0.05) is 5.56 Å². The molecule has 12 nitrogen and oxygen atoms in total. The molecule has 0 atom stereocenters. The minimum atomic E-state index is -4.89. The lowest BCUT2D eigenvalue weighted by molar-refractivity contribution is -0.142. The lowest BCUT2D eigenvalue weighted by atomic mass is 10.1. The molecule has 4 rings (SSSR count). The first-order valence-electron chi connectivity index (χ1n) is 11.2. The molecular weight excluding hydrogens is 622 g/mol. The largest absolute Gasteiger partial charge is 0.477 e. The predicted molar refractivity (Wildman–Crippen MR) is 135 cm³/mol. The van der Waals surface area contributed by atoms with E-state index in [0.717, 1.165) is 29.7 Å². The number of aromatic nitrogens is 4. The van der Waals surface area contributed by atoms with Crippen LogP contribution in [-0.4, -0.2) is 68.5 Å². The van der Waals surface area contributed by atoms with Crippen LogP contribution in [0.5, 0.6) is 0 Å².